The van der Waals surface area contributed by atoms with Crippen molar-refractivity contribution in [2.45, 2.75) is 38.6 Å². The molecule has 0 bridgehead atoms. The molecule has 1 aliphatic heterocycles. The Hall–Kier alpha value is -2.24. The molecule has 24 heavy (non-hydrogen) atoms. The van der Waals surface area contributed by atoms with Crippen molar-refractivity contribution in [2.75, 3.05) is 20.3 Å². The van der Waals surface area contributed by atoms with E-state index in [0.29, 0.717) is 38.3 Å². The number of benzene rings is 1. The highest BCUT2D eigenvalue weighted by atomic mass is 16.5. The van der Waals surface area contributed by atoms with Crippen LogP contribution in [0.1, 0.15) is 32.6 Å². The minimum Gasteiger partial charge on any atom is -0.497 e. The fourth-order valence-electron chi connectivity index (χ4n) is 2.90. The Balaban J connectivity index is 1.76. The van der Waals surface area contributed by atoms with Gasteiger partial charge in [-0.15, -0.1) is 0 Å². The van der Waals surface area contributed by atoms with Crippen LogP contribution in [0.15, 0.2) is 24.3 Å². The van der Waals surface area contributed by atoms with Crippen molar-refractivity contribution in [3.8, 4) is 11.5 Å². The van der Waals surface area contributed by atoms with Crippen molar-refractivity contribution >= 4 is 11.9 Å². The van der Waals surface area contributed by atoms with E-state index in [1.165, 1.54) is 4.90 Å². The number of amides is 1. The second-order valence-electron chi connectivity index (χ2n) is 6.20. The molecule has 132 valence electrons. The molecule has 1 fully saturated rings. The van der Waals surface area contributed by atoms with Gasteiger partial charge in [0, 0.05) is 13.0 Å². The highest BCUT2D eigenvalue weighted by molar-refractivity contribution is 5.83. The lowest BCUT2D eigenvalue weighted by Gasteiger charge is -2.36. The molecule has 0 saturated carbocycles. The van der Waals surface area contributed by atoms with E-state index < -0.39 is 12.0 Å². The molecule has 1 aromatic rings. The van der Waals surface area contributed by atoms with Crippen molar-refractivity contribution in [1.82, 2.24) is 4.90 Å². The maximum atomic E-state index is 12.3. The average Bonchev–Trinajstić information content (AvgIpc) is 2.59. The summed E-state index contributed by atoms with van der Waals surface area (Å²) < 4.78 is 10.7. The number of carbonyl (C=O) groups is 2. The molecule has 2 atom stereocenters. The van der Waals surface area contributed by atoms with E-state index >= 15 is 0 Å². The van der Waals surface area contributed by atoms with Gasteiger partial charge in [-0.05, 0) is 49.4 Å². The number of nitrogens with zero attached hydrogens (tertiary/aromatic N) is 1. The normalized spacial score (nSPS) is 20.5. The van der Waals surface area contributed by atoms with Crippen LogP contribution in [0.2, 0.25) is 0 Å². The molecule has 1 aromatic carbocycles. The summed E-state index contributed by atoms with van der Waals surface area (Å²) in [6.45, 7) is 2.97. The molecular formula is C18H25NO5. The summed E-state index contributed by atoms with van der Waals surface area (Å²) >= 11 is 0. The van der Waals surface area contributed by atoms with Gasteiger partial charge in [0.15, 0.2) is 0 Å². The first-order chi connectivity index (χ1) is 11.5. The van der Waals surface area contributed by atoms with Gasteiger partial charge >= 0.3 is 5.97 Å². The first-order valence-electron chi connectivity index (χ1n) is 8.30. The van der Waals surface area contributed by atoms with Gasteiger partial charge < -0.3 is 19.5 Å². The van der Waals surface area contributed by atoms with Crippen molar-refractivity contribution < 1.29 is 24.2 Å². The van der Waals surface area contributed by atoms with Gasteiger partial charge in [0.1, 0.15) is 17.5 Å². The Kier molecular flexibility index (Phi) is 6.46. The highest BCUT2D eigenvalue weighted by Gasteiger charge is 2.34. The average molecular weight is 335 g/mol. The predicted octanol–water partition coefficient (Wildman–Crippen LogP) is 2.57. The van der Waals surface area contributed by atoms with E-state index in [1.54, 1.807) is 7.11 Å². The van der Waals surface area contributed by atoms with Crippen LogP contribution in [0.25, 0.3) is 0 Å². The minimum atomic E-state index is -0.913. The third kappa shape index (κ3) is 4.88. The summed E-state index contributed by atoms with van der Waals surface area (Å²) in [5.41, 5.74) is 0. The lowest BCUT2D eigenvalue weighted by Crippen LogP contribution is -2.49. The fourth-order valence-corrected chi connectivity index (χ4v) is 2.90. The van der Waals surface area contributed by atoms with Crippen LogP contribution < -0.4 is 9.47 Å². The van der Waals surface area contributed by atoms with E-state index in [0.717, 1.165) is 17.9 Å². The number of hydrogen-bond acceptors (Lipinski definition) is 4. The Bertz CT molecular complexity index is 557. The zero-order chi connectivity index (χ0) is 17.5. The number of carbonyl (C=O) groups excluding carboxylic acids is 1. The van der Waals surface area contributed by atoms with E-state index in [-0.39, 0.29) is 5.91 Å². The van der Waals surface area contributed by atoms with Crippen molar-refractivity contribution in [3.63, 3.8) is 0 Å². The molecule has 6 nitrogen and oxygen atoms in total. The number of hydrogen-bond donors (Lipinski definition) is 1. The van der Waals surface area contributed by atoms with Crippen LogP contribution >= 0.6 is 0 Å². The van der Waals surface area contributed by atoms with Crippen LogP contribution in [0.4, 0.5) is 0 Å². The number of carboxylic acids is 1. The van der Waals surface area contributed by atoms with Gasteiger partial charge in [-0.3, -0.25) is 4.79 Å². The molecule has 1 N–H and O–H groups in total. The van der Waals surface area contributed by atoms with Crippen molar-refractivity contribution in [2.24, 2.45) is 5.92 Å². The molecule has 1 heterocycles. The third-order valence-electron chi connectivity index (χ3n) is 4.33. The third-order valence-corrected chi connectivity index (χ3v) is 4.33. The summed E-state index contributed by atoms with van der Waals surface area (Å²) in [6.07, 6.45) is 2.25. The van der Waals surface area contributed by atoms with E-state index in [1.807, 2.05) is 31.2 Å². The molecule has 1 saturated heterocycles. The number of methoxy groups -OCH3 is 1. The molecule has 0 aliphatic carbocycles. The summed E-state index contributed by atoms with van der Waals surface area (Å²) in [5, 5.41) is 9.31. The maximum absolute atomic E-state index is 12.3. The summed E-state index contributed by atoms with van der Waals surface area (Å²) in [6, 6.07) is 6.56. The lowest BCUT2D eigenvalue weighted by atomic mass is 9.92. The van der Waals surface area contributed by atoms with Gasteiger partial charge in [0.2, 0.25) is 5.91 Å². The van der Waals surface area contributed by atoms with E-state index in [4.69, 9.17) is 9.47 Å². The van der Waals surface area contributed by atoms with Gasteiger partial charge in [0.25, 0.3) is 0 Å². The second-order valence-corrected chi connectivity index (χ2v) is 6.20. The molecule has 0 aromatic heterocycles. The first kappa shape index (κ1) is 18.1. The maximum Gasteiger partial charge on any atom is 0.326 e. The largest absolute Gasteiger partial charge is 0.497 e. The van der Waals surface area contributed by atoms with Crippen molar-refractivity contribution in [3.05, 3.63) is 24.3 Å². The fraction of sp³-hybridized carbons (Fsp3) is 0.556. The Labute approximate surface area is 142 Å². The van der Waals surface area contributed by atoms with Gasteiger partial charge in [0.05, 0.1) is 13.7 Å². The molecule has 0 spiro atoms. The second kappa shape index (κ2) is 8.57. The topological polar surface area (TPSA) is 76.1 Å². The summed E-state index contributed by atoms with van der Waals surface area (Å²) in [4.78, 5) is 25.2. The standard InChI is InChI=1S/C18H25NO5/c1-13-9-10-19(16(12-13)18(21)22)17(20)4-3-11-24-15-7-5-14(23-2)6-8-15/h5-8,13,16H,3-4,9-12H2,1-2H3,(H,21,22). The molecule has 1 aliphatic rings. The van der Waals surface area contributed by atoms with Crippen LogP contribution in [0, 0.1) is 5.92 Å². The summed E-state index contributed by atoms with van der Waals surface area (Å²) in [5.74, 6) is 0.806. The Morgan fingerprint density at radius 2 is 1.92 bits per heavy atom. The molecular weight excluding hydrogens is 310 g/mol. The molecule has 2 unspecified atom stereocenters. The molecule has 1 amide bonds. The van der Waals surface area contributed by atoms with Crippen LogP contribution in [-0.2, 0) is 9.59 Å². The Morgan fingerprint density at radius 3 is 2.54 bits per heavy atom. The lowest BCUT2D eigenvalue weighted by molar-refractivity contribution is -0.153. The summed E-state index contributed by atoms with van der Waals surface area (Å²) in [7, 11) is 1.60. The number of carboxylic acid groups (broad SMARTS) is 1. The number of aliphatic carboxylic acids is 1. The van der Waals surface area contributed by atoms with Gasteiger partial charge in [-0.1, -0.05) is 6.92 Å². The first-order valence-corrected chi connectivity index (χ1v) is 8.30. The zero-order valence-electron chi connectivity index (χ0n) is 14.2. The van der Waals surface area contributed by atoms with E-state index in [2.05, 4.69) is 0 Å². The Morgan fingerprint density at radius 1 is 1.25 bits per heavy atom. The smallest absolute Gasteiger partial charge is 0.326 e. The number of ether oxygens (including phenoxy) is 2. The van der Waals surface area contributed by atoms with Crippen molar-refractivity contribution in [1.29, 1.82) is 0 Å². The number of rotatable bonds is 7. The number of piperidine rings is 1. The van der Waals surface area contributed by atoms with Crippen LogP contribution in [0.3, 0.4) is 0 Å². The zero-order valence-corrected chi connectivity index (χ0v) is 14.2. The van der Waals surface area contributed by atoms with Crippen LogP contribution in [-0.4, -0.2) is 48.2 Å². The monoisotopic (exact) mass is 335 g/mol. The SMILES string of the molecule is COc1ccc(OCCCC(=O)N2CCC(C)CC2C(=O)O)cc1. The predicted molar refractivity (Wildman–Crippen MR) is 89.3 cm³/mol. The molecule has 6 heteroatoms. The van der Waals surface area contributed by atoms with Crippen LogP contribution in [0.5, 0.6) is 11.5 Å². The molecule has 0 radical (unpaired) electrons. The quantitative estimate of drug-likeness (QED) is 0.775. The minimum absolute atomic E-state index is 0.104. The number of likely N-dealkylation sites (tertiary alicyclic amines) is 1. The molecule has 2 rings (SSSR count). The van der Waals surface area contributed by atoms with Gasteiger partial charge in [-0.25, -0.2) is 4.79 Å². The van der Waals surface area contributed by atoms with Gasteiger partial charge in [-0.2, -0.15) is 0 Å². The van der Waals surface area contributed by atoms with E-state index in [9.17, 15) is 14.7 Å². The highest BCUT2D eigenvalue weighted by Crippen LogP contribution is 2.24.